The standard InChI is InChI=1S/C44H39N13/c1-29-38(20-44(4,5)28-56-26-33(24-50-56)37-9-7-34(21-45)52-41(37)30-10-14-54-17-13-48-39(54)18-30)57-15-11-31(19-40(57)51-29)42-36(8-6-35(22-46)53-42)32-23-49-55(25-32)16-12-43(2,3)27-47/h6-11,13-15,17-19,23-26H,12,16,20,28H2,1-5H3. The SMILES string of the molecule is Cc1nc2cc(-c3nc(C#N)ccc3-c3cnn(CCC(C)(C)C#N)c3)ccn2c1CC(C)(C)Cn1cc(-c2ccc(C#N)nc2-c2ccn3ccnc3c2)cn1. The molecule has 0 unspecified atom stereocenters. The Morgan fingerprint density at radius 3 is 1.95 bits per heavy atom. The Labute approximate surface area is 329 Å². The van der Waals surface area contributed by atoms with Crippen molar-refractivity contribution in [1.82, 2.24) is 48.3 Å². The molecule has 0 fully saturated rings. The van der Waals surface area contributed by atoms with Gasteiger partial charge >= 0.3 is 0 Å². The minimum atomic E-state index is -0.449. The molecule has 0 saturated carbocycles. The van der Waals surface area contributed by atoms with Gasteiger partial charge in [0.05, 0.1) is 41.0 Å². The van der Waals surface area contributed by atoms with Gasteiger partial charge in [-0.1, -0.05) is 13.8 Å². The van der Waals surface area contributed by atoms with E-state index < -0.39 is 5.41 Å². The van der Waals surface area contributed by atoms with Crippen LogP contribution in [0.4, 0.5) is 0 Å². The summed E-state index contributed by atoms with van der Waals surface area (Å²) >= 11 is 0. The Balaban J connectivity index is 1.05. The molecule has 0 aliphatic heterocycles. The highest BCUT2D eigenvalue weighted by Gasteiger charge is 2.25. The summed E-state index contributed by atoms with van der Waals surface area (Å²) in [7, 11) is 0. The topological polar surface area (TPSA) is 167 Å². The first-order valence-corrected chi connectivity index (χ1v) is 18.6. The highest BCUT2D eigenvalue weighted by atomic mass is 15.3. The van der Waals surface area contributed by atoms with Crippen molar-refractivity contribution >= 4 is 11.3 Å². The molecule has 0 spiro atoms. The second kappa shape index (κ2) is 14.3. The van der Waals surface area contributed by atoms with Crippen molar-refractivity contribution in [3.63, 3.8) is 0 Å². The molecule has 8 rings (SSSR count). The van der Waals surface area contributed by atoms with Crippen molar-refractivity contribution in [2.45, 2.75) is 60.5 Å². The van der Waals surface area contributed by atoms with Gasteiger partial charge in [0.1, 0.15) is 34.8 Å². The fourth-order valence-corrected chi connectivity index (χ4v) is 7.19. The fraction of sp³-hybridized carbons (Fsp3) is 0.250. The van der Waals surface area contributed by atoms with Crippen molar-refractivity contribution in [1.29, 1.82) is 15.8 Å². The first kappa shape index (κ1) is 36.5. The highest BCUT2D eigenvalue weighted by molar-refractivity contribution is 5.83. The van der Waals surface area contributed by atoms with Crippen LogP contribution in [0.1, 0.15) is 56.9 Å². The molecule has 8 heterocycles. The maximum atomic E-state index is 9.74. The normalized spacial score (nSPS) is 11.8. The molecule has 8 aromatic rings. The number of hydrogen-bond donors (Lipinski definition) is 0. The zero-order valence-electron chi connectivity index (χ0n) is 32.4. The van der Waals surface area contributed by atoms with Crippen molar-refractivity contribution in [2.24, 2.45) is 10.8 Å². The van der Waals surface area contributed by atoms with Crippen molar-refractivity contribution in [3.05, 3.63) is 121 Å². The first-order valence-electron chi connectivity index (χ1n) is 18.6. The molecular formula is C44H39N13. The largest absolute Gasteiger partial charge is 0.307 e. The van der Waals surface area contributed by atoms with Gasteiger partial charge in [0.25, 0.3) is 0 Å². The number of rotatable bonds is 11. The molecule has 8 aromatic heterocycles. The van der Waals surface area contributed by atoms with Gasteiger partial charge in [0.2, 0.25) is 0 Å². The lowest BCUT2D eigenvalue weighted by Crippen LogP contribution is -2.24. The predicted molar refractivity (Wildman–Crippen MR) is 215 cm³/mol. The van der Waals surface area contributed by atoms with Crippen LogP contribution in [0.3, 0.4) is 0 Å². The number of hydrogen-bond acceptors (Lipinski definition) is 9. The number of pyridine rings is 4. The maximum Gasteiger partial charge on any atom is 0.141 e. The minimum Gasteiger partial charge on any atom is -0.307 e. The molecule has 13 nitrogen and oxygen atoms in total. The third kappa shape index (κ3) is 7.37. The third-order valence-electron chi connectivity index (χ3n) is 10.3. The molecular weight excluding hydrogens is 711 g/mol. The molecule has 57 heavy (non-hydrogen) atoms. The average molecular weight is 750 g/mol. The average Bonchev–Trinajstić information content (AvgIpc) is 4.04. The van der Waals surface area contributed by atoms with Crippen LogP contribution >= 0.6 is 0 Å². The Hall–Kier alpha value is -7.43. The maximum absolute atomic E-state index is 9.74. The van der Waals surface area contributed by atoms with Crippen LogP contribution in [0.2, 0.25) is 0 Å². The van der Waals surface area contributed by atoms with E-state index in [4.69, 9.17) is 20.1 Å². The van der Waals surface area contributed by atoms with Crippen LogP contribution in [0.15, 0.2) is 98.1 Å². The number of nitriles is 3. The van der Waals surface area contributed by atoms with Crippen LogP contribution in [0.5, 0.6) is 0 Å². The molecule has 0 amide bonds. The first-order chi connectivity index (χ1) is 27.4. The third-order valence-corrected chi connectivity index (χ3v) is 10.3. The van der Waals surface area contributed by atoms with Crippen LogP contribution in [0, 0.1) is 51.7 Å². The zero-order chi connectivity index (χ0) is 39.9. The van der Waals surface area contributed by atoms with E-state index in [1.807, 2.05) is 108 Å². The number of fused-ring (bicyclic) bond motifs is 2. The number of nitrogens with zero attached hydrogens (tertiary/aromatic N) is 13. The lowest BCUT2D eigenvalue weighted by Gasteiger charge is -2.25. The van der Waals surface area contributed by atoms with E-state index in [1.54, 1.807) is 24.5 Å². The fourth-order valence-electron chi connectivity index (χ4n) is 7.19. The summed E-state index contributed by atoms with van der Waals surface area (Å²) in [4.78, 5) is 18.8. The van der Waals surface area contributed by atoms with Gasteiger partial charge in [-0.3, -0.25) is 9.36 Å². The van der Waals surface area contributed by atoms with Gasteiger partial charge in [-0.2, -0.15) is 26.0 Å². The van der Waals surface area contributed by atoms with E-state index in [1.165, 1.54) is 0 Å². The molecule has 0 saturated heterocycles. The number of aryl methyl sites for hydroxylation is 2. The molecule has 280 valence electrons. The highest BCUT2D eigenvalue weighted by Crippen LogP contribution is 2.35. The van der Waals surface area contributed by atoms with Gasteiger partial charge in [0, 0.05) is 89.3 Å². The van der Waals surface area contributed by atoms with E-state index in [2.05, 4.69) is 46.5 Å². The van der Waals surface area contributed by atoms with Crippen LogP contribution in [0.25, 0.3) is 56.1 Å². The molecule has 0 N–H and O–H groups in total. The van der Waals surface area contributed by atoms with Gasteiger partial charge < -0.3 is 8.80 Å². The molecule has 0 aliphatic carbocycles. The summed E-state index contributed by atoms with van der Waals surface area (Å²) in [6.07, 6.45) is 16.7. The lowest BCUT2D eigenvalue weighted by atomic mass is 9.87. The molecule has 13 heteroatoms. The van der Waals surface area contributed by atoms with Crippen molar-refractivity contribution in [3.8, 4) is 63.0 Å². The van der Waals surface area contributed by atoms with Gasteiger partial charge in [-0.15, -0.1) is 0 Å². The number of imidazole rings is 2. The van der Waals surface area contributed by atoms with E-state index in [0.29, 0.717) is 42.3 Å². The van der Waals surface area contributed by atoms with Crippen molar-refractivity contribution in [2.75, 3.05) is 0 Å². The van der Waals surface area contributed by atoms with Gasteiger partial charge in [-0.05, 0) is 87.6 Å². The van der Waals surface area contributed by atoms with Crippen LogP contribution in [-0.4, -0.2) is 48.3 Å². The number of aromatic nitrogens is 10. The smallest absolute Gasteiger partial charge is 0.141 e. The monoisotopic (exact) mass is 749 g/mol. The quantitative estimate of drug-likeness (QED) is 0.127. The Kier molecular flexibility index (Phi) is 9.19. The molecule has 0 bridgehead atoms. The predicted octanol–water partition coefficient (Wildman–Crippen LogP) is 8.09. The summed E-state index contributed by atoms with van der Waals surface area (Å²) in [5.74, 6) is 0. The van der Waals surface area contributed by atoms with Crippen molar-refractivity contribution < 1.29 is 0 Å². The summed E-state index contributed by atoms with van der Waals surface area (Å²) in [6.45, 7) is 11.6. The minimum absolute atomic E-state index is 0.210. The molecule has 0 aliphatic rings. The lowest BCUT2D eigenvalue weighted by molar-refractivity contribution is 0.285. The summed E-state index contributed by atoms with van der Waals surface area (Å²) in [5, 5.41) is 38.1. The van der Waals surface area contributed by atoms with E-state index in [9.17, 15) is 15.8 Å². The molecule has 0 aromatic carbocycles. The van der Waals surface area contributed by atoms with E-state index in [-0.39, 0.29) is 5.41 Å². The second-order valence-electron chi connectivity index (χ2n) is 15.8. The van der Waals surface area contributed by atoms with Crippen LogP contribution in [-0.2, 0) is 19.5 Å². The molecule has 0 radical (unpaired) electrons. The Morgan fingerprint density at radius 2 is 1.30 bits per heavy atom. The van der Waals surface area contributed by atoms with Gasteiger partial charge in [-0.25, -0.2) is 19.9 Å². The van der Waals surface area contributed by atoms with E-state index in [0.717, 1.165) is 62.5 Å². The van der Waals surface area contributed by atoms with Crippen LogP contribution < -0.4 is 0 Å². The zero-order valence-corrected chi connectivity index (χ0v) is 32.4. The van der Waals surface area contributed by atoms with Gasteiger partial charge in [0.15, 0.2) is 0 Å². The summed E-state index contributed by atoms with van der Waals surface area (Å²) in [5.41, 5.74) is 10.2. The second-order valence-corrected chi connectivity index (χ2v) is 15.8. The Bertz CT molecular complexity index is 2930. The Morgan fingerprint density at radius 1 is 0.684 bits per heavy atom. The summed E-state index contributed by atoms with van der Waals surface area (Å²) in [6, 6.07) is 22.0. The molecule has 0 atom stereocenters. The summed E-state index contributed by atoms with van der Waals surface area (Å²) < 4.78 is 7.88. The van der Waals surface area contributed by atoms with E-state index >= 15 is 0 Å².